The van der Waals surface area contributed by atoms with Crippen LogP contribution in [0, 0.1) is 0 Å². The fourth-order valence-electron chi connectivity index (χ4n) is 2.78. The molecule has 0 spiro atoms. The standard InChI is InChI=1S/C14H18F9NO3/c1-11(13(19,20)9(15)14(21,22)23)7-26-6-8(27-11)12(17,18)10(16)24-2-4-25-5-3-24/h8-10H,2-7H2,1H3. The van der Waals surface area contributed by atoms with Crippen molar-refractivity contribution in [1.82, 2.24) is 4.90 Å². The zero-order chi connectivity index (χ0) is 20.7. The van der Waals surface area contributed by atoms with Gasteiger partial charge in [-0.3, -0.25) is 4.90 Å². The number of halogens is 9. The van der Waals surface area contributed by atoms with Crippen molar-refractivity contribution in [2.45, 2.75) is 49.1 Å². The minimum atomic E-state index is -5.96. The molecule has 2 saturated heterocycles. The van der Waals surface area contributed by atoms with Crippen molar-refractivity contribution >= 4 is 0 Å². The molecule has 0 aliphatic carbocycles. The van der Waals surface area contributed by atoms with Crippen LogP contribution in [0.15, 0.2) is 0 Å². The van der Waals surface area contributed by atoms with Crippen molar-refractivity contribution in [3.8, 4) is 0 Å². The molecule has 0 aromatic heterocycles. The number of morpholine rings is 1. The number of nitrogens with zero attached hydrogens (tertiary/aromatic N) is 1. The number of alkyl halides is 9. The molecular formula is C14H18F9NO3. The van der Waals surface area contributed by atoms with Crippen LogP contribution in [0.25, 0.3) is 0 Å². The van der Waals surface area contributed by atoms with Gasteiger partial charge in [0.2, 0.25) is 6.30 Å². The molecule has 0 aromatic carbocycles. The summed E-state index contributed by atoms with van der Waals surface area (Å²) in [4.78, 5) is 0.685. The van der Waals surface area contributed by atoms with E-state index in [1.807, 2.05) is 0 Å². The second kappa shape index (κ2) is 7.56. The van der Waals surface area contributed by atoms with Gasteiger partial charge in [0.1, 0.15) is 6.10 Å². The van der Waals surface area contributed by atoms with Gasteiger partial charge < -0.3 is 14.2 Å². The third-order valence-corrected chi connectivity index (χ3v) is 4.47. The van der Waals surface area contributed by atoms with E-state index in [1.165, 1.54) is 0 Å². The van der Waals surface area contributed by atoms with Crippen LogP contribution in [-0.4, -0.2) is 86.6 Å². The minimum absolute atomic E-state index is 0.0383. The SMILES string of the molecule is CC1(C(F)(F)C(F)C(F)(F)F)COCC(C(F)(F)C(F)N2CCOCC2)O1. The van der Waals surface area contributed by atoms with E-state index in [-0.39, 0.29) is 26.3 Å². The normalized spacial score (nSPS) is 31.6. The van der Waals surface area contributed by atoms with E-state index in [1.54, 1.807) is 0 Å². The summed E-state index contributed by atoms with van der Waals surface area (Å²) in [6.07, 6.45) is -16.2. The molecule has 0 saturated carbocycles. The highest BCUT2D eigenvalue weighted by molar-refractivity contribution is 5.03. The van der Waals surface area contributed by atoms with Gasteiger partial charge in [0.05, 0.1) is 26.4 Å². The lowest BCUT2D eigenvalue weighted by Crippen LogP contribution is -2.67. The Labute approximate surface area is 148 Å². The maximum absolute atomic E-state index is 14.4. The molecule has 0 aromatic rings. The second-order valence-electron chi connectivity index (χ2n) is 6.54. The molecule has 4 unspecified atom stereocenters. The molecule has 2 aliphatic heterocycles. The average Bonchev–Trinajstić information content (AvgIpc) is 2.60. The second-order valence-corrected chi connectivity index (χ2v) is 6.54. The predicted molar refractivity (Wildman–Crippen MR) is 72.2 cm³/mol. The summed E-state index contributed by atoms with van der Waals surface area (Å²) < 4.78 is 136. The zero-order valence-electron chi connectivity index (χ0n) is 14.0. The monoisotopic (exact) mass is 419 g/mol. The van der Waals surface area contributed by atoms with Crippen molar-refractivity contribution in [2.75, 3.05) is 39.5 Å². The average molecular weight is 419 g/mol. The molecule has 160 valence electrons. The number of ether oxygens (including phenoxy) is 3. The molecule has 0 amide bonds. The molecule has 2 rings (SSSR count). The third kappa shape index (κ3) is 4.30. The van der Waals surface area contributed by atoms with E-state index in [2.05, 4.69) is 9.47 Å². The Morgan fingerprint density at radius 3 is 2.04 bits per heavy atom. The molecule has 0 bridgehead atoms. The maximum Gasteiger partial charge on any atom is 0.425 e. The molecule has 4 atom stereocenters. The van der Waals surface area contributed by atoms with E-state index >= 15 is 0 Å². The fourth-order valence-corrected chi connectivity index (χ4v) is 2.78. The van der Waals surface area contributed by atoms with Crippen molar-refractivity contribution in [3.63, 3.8) is 0 Å². The van der Waals surface area contributed by atoms with E-state index in [0.29, 0.717) is 11.8 Å². The van der Waals surface area contributed by atoms with Crippen molar-refractivity contribution in [2.24, 2.45) is 0 Å². The summed E-state index contributed by atoms with van der Waals surface area (Å²) in [6, 6.07) is 0. The van der Waals surface area contributed by atoms with Gasteiger partial charge in [-0.05, 0) is 6.92 Å². The van der Waals surface area contributed by atoms with E-state index in [4.69, 9.17) is 4.74 Å². The molecule has 2 heterocycles. The predicted octanol–water partition coefficient (Wildman–Crippen LogP) is 2.96. The van der Waals surface area contributed by atoms with Crippen LogP contribution in [0.2, 0.25) is 0 Å². The molecule has 13 heteroatoms. The van der Waals surface area contributed by atoms with Crippen molar-refractivity contribution < 1.29 is 53.7 Å². The lowest BCUT2D eigenvalue weighted by Gasteiger charge is -2.46. The highest BCUT2D eigenvalue weighted by Gasteiger charge is 2.69. The van der Waals surface area contributed by atoms with Gasteiger partial charge in [0, 0.05) is 13.1 Å². The van der Waals surface area contributed by atoms with Crippen molar-refractivity contribution in [1.29, 1.82) is 0 Å². The summed E-state index contributed by atoms with van der Waals surface area (Å²) in [5.41, 5.74) is -3.38. The quantitative estimate of drug-likeness (QED) is 0.507. The first-order valence-corrected chi connectivity index (χ1v) is 7.91. The maximum atomic E-state index is 14.4. The Balaban J connectivity index is 2.20. The first kappa shape index (κ1) is 22.5. The molecule has 4 nitrogen and oxygen atoms in total. The van der Waals surface area contributed by atoms with Crippen LogP contribution in [0.5, 0.6) is 0 Å². The number of hydrogen-bond acceptors (Lipinski definition) is 4. The fraction of sp³-hybridized carbons (Fsp3) is 1.00. The first-order valence-electron chi connectivity index (χ1n) is 7.91. The smallest absolute Gasteiger partial charge is 0.379 e. The molecule has 2 fully saturated rings. The van der Waals surface area contributed by atoms with Gasteiger partial charge in [0.25, 0.3) is 6.17 Å². The lowest BCUT2D eigenvalue weighted by atomic mass is 9.92. The Bertz CT molecular complexity index is 513. The Morgan fingerprint density at radius 2 is 1.52 bits per heavy atom. The van der Waals surface area contributed by atoms with Crippen LogP contribution in [-0.2, 0) is 14.2 Å². The Kier molecular flexibility index (Phi) is 6.30. The molecule has 27 heavy (non-hydrogen) atoms. The van der Waals surface area contributed by atoms with Gasteiger partial charge in [-0.2, -0.15) is 30.7 Å². The highest BCUT2D eigenvalue weighted by atomic mass is 19.4. The highest BCUT2D eigenvalue weighted by Crippen LogP contribution is 2.47. The minimum Gasteiger partial charge on any atom is -0.379 e. The summed E-state index contributed by atoms with van der Waals surface area (Å²) in [7, 11) is 0. The van der Waals surface area contributed by atoms with Gasteiger partial charge >= 0.3 is 18.0 Å². The van der Waals surface area contributed by atoms with Crippen molar-refractivity contribution in [3.05, 3.63) is 0 Å². The lowest BCUT2D eigenvalue weighted by molar-refractivity contribution is -0.357. The van der Waals surface area contributed by atoms with Gasteiger partial charge in [-0.25, -0.2) is 8.78 Å². The van der Waals surface area contributed by atoms with Crippen LogP contribution < -0.4 is 0 Å². The summed E-state index contributed by atoms with van der Waals surface area (Å²) >= 11 is 0. The van der Waals surface area contributed by atoms with E-state index in [9.17, 15) is 39.5 Å². The summed E-state index contributed by atoms with van der Waals surface area (Å²) in [5, 5.41) is 0. The summed E-state index contributed by atoms with van der Waals surface area (Å²) in [6.45, 7) is -2.51. The Morgan fingerprint density at radius 1 is 0.963 bits per heavy atom. The van der Waals surface area contributed by atoms with Gasteiger partial charge in [0.15, 0.2) is 5.60 Å². The topological polar surface area (TPSA) is 30.9 Å². The van der Waals surface area contributed by atoms with Crippen LogP contribution >= 0.6 is 0 Å². The van der Waals surface area contributed by atoms with Crippen LogP contribution in [0.3, 0.4) is 0 Å². The van der Waals surface area contributed by atoms with Gasteiger partial charge in [-0.15, -0.1) is 0 Å². The molecule has 2 aliphatic rings. The number of hydrogen-bond donors (Lipinski definition) is 0. The van der Waals surface area contributed by atoms with E-state index in [0.717, 1.165) is 0 Å². The third-order valence-electron chi connectivity index (χ3n) is 4.47. The number of rotatable bonds is 5. The summed E-state index contributed by atoms with van der Waals surface area (Å²) in [5.74, 6) is -9.65. The van der Waals surface area contributed by atoms with Crippen LogP contribution in [0.1, 0.15) is 6.92 Å². The molecular weight excluding hydrogens is 401 g/mol. The Hall–Kier alpha value is -0.790. The van der Waals surface area contributed by atoms with E-state index < -0.39 is 55.4 Å². The molecule has 0 N–H and O–H groups in total. The zero-order valence-corrected chi connectivity index (χ0v) is 14.0. The van der Waals surface area contributed by atoms with Gasteiger partial charge in [-0.1, -0.05) is 0 Å². The molecule has 0 radical (unpaired) electrons. The largest absolute Gasteiger partial charge is 0.425 e. The van der Waals surface area contributed by atoms with Crippen LogP contribution in [0.4, 0.5) is 39.5 Å². The first-order chi connectivity index (χ1) is 12.2.